The first-order valence-corrected chi connectivity index (χ1v) is 4.72. The molecule has 0 atom stereocenters. The summed E-state index contributed by atoms with van der Waals surface area (Å²) in [5.74, 6) is 0.838. The number of ether oxygens (including phenoxy) is 1. The summed E-state index contributed by atoms with van der Waals surface area (Å²) >= 11 is 1.63. The first-order valence-electron chi connectivity index (χ1n) is 3.49. The van der Waals surface area contributed by atoms with Gasteiger partial charge in [0.05, 0.1) is 17.8 Å². The van der Waals surface area contributed by atoms with Gasteiger partial charge in [0.25, 0.3) is 0 Å². The van der Waals surface area contributed by atoms with Crippen molar-refractivity contribution in [1.29, 1.82) is 0 Å². The molecule has 2 nitrogen and oxygen atoms in total. The number of nitrogens with zero attached hydrogens (tertiary/aromatic N) is 1. The van der Waals surface area contributed by atoms with Gasteiger partial charge in [-0.15, -0.1) is 11.8 Å². The second-order valence-electron chi connectivity index (χ2n) is 1.97. The SMILES string of the molecule is CCOc1ccc(SC)nc1. The van der Waals surface area contributed by atoms with Gasteiger partial charge in [-0.25, -0.2) is 4.98 Å². The summed E-state index contributed by atoms with van der Waals surface area (Å²) in [5, 5.41) is 1.02. The molecular formula is C8H11NOS. The zero-order valence-corrected chi connectivity index (χ0v) is 7.52. The molecular weight excluding hydrogens is 158 g/mol. The van der Waals surface area contributed by atoms with Gasteiger partial charge in [0, 0.05) is 0 Å². The lowest BCUT2D eigenvalue weighted by Gasteiger charge is -2.01. The molecule has 3 heteroatoms. The van der Waals surface area contributed by atoms with Crippen LogP contribution >= 0.6 is 11.8 Å². The molecule has 0 saturated carbocycles. The van der Waals surface area contributed by atoms with Crippen molar-refractivity contribution in [3.63, 3.8) is 0 Å². The Morgan fingerprint density at radius 1 is 1.55 bits per heavy atom. The predicted molar refractivity (Wildman–Crippen MR) is 47.2 cm³/mol. The molecule has 0 aliphatic heterocycles. The smallest absolute Gasteiger partial charge is 0.137 e. The van der Waals surface area contributed by atoms with Gasteiger partial charge >= 0.3 is 0 Å². The summed E-state index contributed by atoms with van der Waals surface area (Å²) in [6, 6.07) is 3.89. The summed E-state index contributed by atoms with van der Waals surface area (Å²) in [5.41, 5.74) is 0. The van der Waals surface area contributed by atoms with Crippen molar-refractivity contribution in [2.24, 2.45) is 0 Å². The lowest BCUT2D eigenvalue weighted by atomic mass is 10.5. The first kappa shape index (κ1) is 8.40. The quantitative estimate of drug-likeness (QED) is 0.648. The van der Waals surface area contributed by atoms with E-state index in [1.54, 1.807) is 18.0 Å². The van der Waals surface area contributed by atoms with Crippen LogP contribution in [0.3, 0.4) is 0 Å². The first-order chi connectivity index (χ1) is 5.36. The largest absolute Gasteiger partial charge is 0.492 e. The van der Waals surface area contributed by atoms with Crippen LogP contribution in [-0.2, 0) is 0 Å². The average molecular weight is 169 g/mol. The zero-order valence-electron chi connectivity index (χ0n) is 6.70. The van der Waals surface area contributed by atoms with E-state index in [2.05, 4.69) is 4.98 Å². The van der Waals surface area contributed by atoms with Crippen molar-refractivity contribution < 1.29 is 4.74 Å². The molecule has 0 aliphatic rings. The Kier molecular flexibility index (Phi) is 3.23. The van der Waals surface area contributed by atoms with Gasteiger partial charge in [0.1, 0.15) is 5.75 Å². The fraction of sp³-hybridized carbons (Fsp3) is 0.375. The Morgan fingerprint density at radius 3 is 2.82 bits per heavy atom. The van der Waals surface area contributed by atoms with Crippen LogP contribution < -0.4 is 4.74 Å². The molecule has 1 rings (SSSR count). The second kappa shape index (κ2) is 4.23. The highest BCUT2D eigenvalue weighted by Crippen LogP contribution is 2.14. The van der Waals surface area contributed by atoms with E-state index in [1.807, 2.05) is 25.3 Å². The third-order valence-corrected chi connectivity index (χ3v) is 1.89. The van der Waals surface area contributed by atoms with E-state index in [0.29, 0.717) is 6.61 Å². The van der Waals surface area contributed by atoms with Crippen LogP contribution in [0.25, 0.3) is 0 Å². The van der Waals surface area contributed by atoms with Crippen LogP contribution in [0.4, 0.5) is 0 Å². The van der Waals surface area contributed by atoms with Crippen LogP contribution in [0, 0.1) is 0 Å². The third-order valence-electron chi connectivity index (χ3n) is 1.23. The van der Waals surface area contributed by atoms with E-state index in [4.69, 9.17) is 4.74 Å². The molecule has 1 aromatic rings. The monoisotopic (exact) mass is 169 g/mol. The molecule has 0 aromatic carbocycles. The lowest BCUT2D eigenvalue weighted by molar-refractivity contribution is 0.338. The zero-order chi connectivity index (χ0) is 8.10. The van der Waals surface area contributed by atoms with Gasteiger partial charge in [-0.1, -0.05) is 0 Å². The van der Waals surface area contributed by atoms with Gasteiger partial charge in [0.2, 0.25) is 0 Å². The highest BCUT2D eigenvalue weighted by atomic mass is 32.2. The van der Waals surface area contributed by atoms with E-state index in [-0.39, 0.29) is 0 Å². The molecule has 11 heavy (non-hydrogen) atoms. The van der Waals surface area contributed by atoms with Gasteiger partial charge < -0.3 is 4.74 Å². The fourth-order valence-corrected chi connectivity index (χ4v) is 1.10. The maximum Gasteiger partial charge on any atom is 0.137 e. The van der Waals surface area contributed by atoms with Crippen molar-refractivity contribution in [3.05, 3.63) is 18.3 Å². The summed E-state index contributed by atoms with van der Waals surface area (Å²) < 4.78 is 5.23. The van der Waals surface area contributed by atoms with Gasteiger partial charge in [0.15, 0.2) is 0 Å². The fourth-order valence-electron chi connectivity index (χ4n) is 0.740. The maximum absolute atomic E-state index is 5.23. The van der Waals surface area contributed by atoms with Crippen LogP contribution in [0.2, 0.25) is 0 Å². The number of thioether (sulfide) groups is 1. The number of rotatable bonds is 3. The van der Waals surface area contributed by atoms with Gasteiger partial charge in [-0.2, -0.15) is 0 Å². The lowest BCUT2D eigenvalue weighted by Crippen LogP contribution is -1.91. The molecule has 0 unspecified atom stereocenters. The summed E-state index contributed by atoms with van der Waals surface area (Å²) in [4.78, 5) is 4.15. The number of hydrogen-bond donors (Lipinski definition) is 0. The standard InChI is InChI=1S/C8H11NOS/c1-3-10-7-4-5-8(11-2)9-6-7/h4-6H,3H2,1-2H3. The maximum atomic E-state index is 5.23. The van der Waals surface area contributed by atoms with Crippen LogP contribution in [0.15, 0.2) is 23.4 Å². The minimum Gasteiger partial charge on any atom is -0.492 e. The molecule has 0 saturated heterocycles. The van der Waals surface area contributed by atoms with Crippen LogP contribution in [-0.4, -0.2) is 17.8 Å². The van der Waals surface area contributed by atoms with Crippen molar-refractivity contribution in [2.45, 2.75) is 11.9 Å². The highest BCUT2D eigenvalue weighted by Gasteiger charge is 1.92. The third kappa shape index (κ3) is 2.42. The topological polar surface area (TPSA) is 22.1 Å². The molecule has 1 heterocycles. The summed E-state index contributed by atoms with van der Waals surface area (Å²) in [6.07, 6.45) is 3.75. The number of aromatic nitrogens is 1. The average Bonchev–Trinajstić information content (AvgIpc) is 2.07. The summed E-state index contributed by atoms with van der Waals surface area (Å²) in [6.45, 7) is 2.66. The van der Waals surface area contributed by atoms with Crippen LogP contribution in [0.5, 0.6) is 5.75 Å². The molecule has 60 valence electrons. The molecule has 1 aromatic heterocycles. The van der Waals surface area contributed by atoms with Crippen molar-refractivity contribution in [3.8, 4) is 5.75 Å². The Labute approximate surface area is 71.0 Å². The van der Waals surface area contributed by atoms with E-state index in [0.717, 1.165) is 10.8 Å². The molecule has 0 bridgehead atoms. The molecule has 0 aliphatic carbocycles. The minimum absolute atomic E-state index is 0.695. The molecule has 0 spiro atoms. The van der Waals surface area contributed by atoms with E-state index in [1.165, 1.54) is 0 Å². The predicted octanol–water partition coefficient (Wildman–Crippen LogP) is 2.20. The van der Waals surface area contributed by atoms with Crippen molar-refractivity contribution in [1.82, 2.24) is 4.98 Å². The highest BCUT2D eigenvalue weighted by molar-refractivity contribution is 7.98. The summed E-state index contributed by atoms with van der Waals surface area (Å²) in [7, 11) is 0. The van der Waals surface area contributed by atoms with Crippen LogP contribution in [0.1, 0.15) is 6.92 Å². The van der Waals surface area contributed by atoms with E-state index >= 15 is 0 Å². The molecule has 0 fully saturated rings. The Bertz CT molecular complexity index is 210. The Balaban J connectivity index is 2.66. The van der Waals surface area contributed by atoms with Crippen molar-refractivity contribution in [2.75, 3.05) is 12.9 Å². The molecule has 0 radical (unpaired) electrons. The van der Waals surface area contributed by atoms with Gasteiger partial charge in [-0.05, 0) is 25.3 Å². The van der Waals surface area contributed by atoms with E-state index < -0.39 is 0 Å². The second-order valence-corrected chi connectivity index (χ2v) is 2.80. The Hall–Kier alpha value is -0.700. The number of pyridine rings is 1. The normalized spacial score (nSPS) is 9.64. The molecule has 0 N–H and O–H groups in total. The van der Waals surface area contributed by atoms with Crippen molar-refractivity contribution >= 4 is 11.8 Å². The number of hydrogen-bond acceptors (Lipinski definition) is 3. The Morgan fingerprint density at radius 2 is 2.36 bits per heavy atom. The van der Waals surface area contributed by atoms with Gasteiger partial charge in [-0.3, -0.25) is 0 Å². The molecule has 0 amide bonds. The van der Waals surface area contributed by atoms with E-state index in [9.17, 15) is 0 Å². The minimum atomic E-state index is 0.695.